The molecule has 4 aromatic rings. The number of carboxylic acid groups (broad SMARTS) is 1. The topological polar surface area (TPSA) is 82.2 Å². The van der Waals surface area contributed by atoms with Gasteiger partial charge >= 0.3 is 5.97 Å². The number of hydrogen-bond acceptors (Lipinski definition) is 4. The van der Waals surface area contributed by atoms with Gasteiger partial charge in [-0.1, -0.05) is 0 Å². The van der Waals surface area contributed by atoms with Gasteiger partial charge in [0, 0.05) is 12.0 Å². The Bertz CT molecular complexity index is 1250. The Morgan fingerprint density at radius 1 is 1.24 bits per heavy atom. The Labute approximate surface area is 165 Å². The van der Waals surface area contributed by atoms with Crippen molar-refractivity contribution >= 4 is 27.9 Å². The van der Waals surface area contributed by atoms with Gasteiger partial charge in [0.1, 0.15) is 11.5 Å². The molecular formula is C21H19FN4O3. The Morgan fingerprint density at radius 3 is 2.83 bits per heavy atom. The van der Waals surface area contributed by atoms with Crippen LogP contribution in [0.3, 0.4) is 0 Å². The summed E-state index contributed by atoms with van der Waals surface area (Å²) in [6.07, 6.45) is 6.03. The molecule has 1 unspecified atom stereocenters. The third kappa shape index (κ3) is 2.79. The number of aryl methyl sites for hydroxylation is 1. The number of nitrogens with zero attached hydrogens (tertiary/aromatic N) is 4. The Hall–Kier alpha value is -3.26. The molecule has 0 spiro atoms. The molecule has 1 aliphatic rings. The van der Waals surface area contributed by atoms with E-state index < -0.39 is 5.97 Å². The van der Waals surface area contributed by atoms with Crippen LogP contribution in [-0.4, -0.2) is 37.0 Å². The number of aromatic nitrogens is 4. The number of benzene rings is 1. The summed E-state index contributed by atoms with van der Waals surface area (Å²) in [6, 6.07) is 6.18. The Morgan fingerprint density at radius 2 is 2.10 bits per heavy atom. The summed E-state index contributed by atoms with van der Waals surface area (Å²) in [7, 11) is 0. The lowest BCUT2D eigenvalue weighted by atomic mass is 10.2. The van der Waals surface area contributed by atoms with Crippen LogP contribution in [0.4, 0.5) is 4.39 Å². The molecule has 1 N–H and O–H groups in total. The number of aromatic carboxylic acids is 1. The monoisotopic (exact) mass is 394 g/mol. The molecule has 3 aromatic heterocycles. The summed E-state index contributed by atoms with van der Waals surface area (Å²) < 4.78 is 23.8. The number of pyridine rings is 1. The predicted octanol–water partition coefficient (Wildman–Crippen LogP) is 4.22. The number of rotatable bonds is 3. The van der Waals surface area contributed by atoms with E-state index in [1.54, 1.807) is 12.3 Å². The normalized spacial score (nSPS) is 17.2. The number of carbonyl (C=O) groups is 1. The minimum atomic E-state index is -1.08. The summed E-state index contributed by atoms with van der Waals surface area (Å²) in [5.41, 5.74) is 3.86. The largest absolute Gasteiger partial charge is 0.477 e. The molecule has 0 saturated carbocycles. The molecule has 0 amide bonds. The smallest absolute Gasteiger partial charge is 0.354 e. The molecule has 148 valence electrons. The molecule has 1 aromatic carbocycles. The summed E-state index contributed by atoms with van der Waals surface area (Å²) in [5.74, 6) is -1.41. The van der Waals surface area contributed by atoms with E-state index in [2.05, 4.69) is 10.1 Å². The molecule has 1 atom stereocenters. The van der Waals surface area contributed by atoms with Crippen molar-refractivity contribution in [2.75, 3.05) is 6.61 Å². The van der Waals surface area contributed by atoms with Crippen LogP contribution in [0.1, 0.15) is 41.5 Å². The summed E-state index contributed by atoms with van der Waals surface area (Å²) in [5, 5.41) is 14.5. The number of hydrogen-bond donors (Lipinski definition) is 1. The predicted molar refractivity (Wildman–Crippen MR) is 105 cm³/mol. The number of fused-ring (bicyclic) bond motifs is 3. The van der Waals surface area contributed by atoms with E-state index in [0.717, 1.165) is 52.4 Å². The zero-order valence-electron chi connectivity index (χ0n) is 15.8. The zero-order chi connectivity index (χ0) is 20.1. The lowest BCUT2D eigenvalue weighted by molar-refractivity contribution is -0.0365. The maximum Gasteiger partial charge on any atom is 0.354 e. The van der Waals surface area contributed by atoms with Gasteiger partial charge in [-0.05, 0) is 56.0 Å². The lowest BCUT2D eigenvalue weighted by Gasteiger charge is -2.23. The second-order valence-corrected chi connectivity index (χ2v) is 7.30. The van der Waals surface area contributed by atoms with Crippen molar-refractivity contribution in [3.05, 3.63) is 53.7 Å². The number of carboxylic acids is 1. The molecule has 1 fully saturated rings. The molecule has 0 radical (unpaired) electrons. The van der Waals surface area contributed by atoms with Crippen molar-refractivity contribution in [1.82, 2.24) is 19.3 Å². The fourth-order valence-electron chi connectivity index (χ4n) is 4.10. The molecule has 7 nitrogen and oxygen atoms in total. The Kier molecular flexibility index (Phi) is 4.09. The molecule has 0 aliphatic carbocycles. The minimum absolute atomic E-state index is 0.0173. The Balaban J connectivity index is 1.79. The van der Waals surface area contributed by atoms with Gasteiger partial charge in [0.25, 0.3) is 0 Å². The van der Waals surface area contributed by atoms with E-state index in [4.69, 9.17) is 4.74 Å². The number of halogens is 1. The van der Waals surface area contributed by atoms with Crippen LogP contribution in [0.5, 0.6) is 0 Å². The third-order valence-electron chi connectivity index (χ3n) is 5.44. The molecular weight excluding hydrogens is 375 g/mol. The maximum atomic E-state index is 14.1. The summed E-state index contributed by atoms with van der Waals surface area (Å²) >= 11 is 0. The standard InChI is InChI=1S/C21H19FN4O3/c1-12-8-15(21(27)28)23-10-17(12)25-16-6-5-13(22)9-14(16)20-18(25)11-24-26(20)19-4-2-3-7-29-19/h5-6,8-11,19H,2-4,7H2,1H3,(H,27,28). The van der Waals surface area contributed by atoms with Crippen LogP contribution >= 0.6 is 0 Å². The van der Waals surface area contributed by atoms with Crippen LogP contribution in [0.2, 0.25) is 0 Å². The first-order valence-corrected chi connectivity index (χ1v) is 9.53. The van der Waals surface area contributed by atoms with Crippen molar-refractivity contribution in [1.29, 1.82) is 0 Å². The fraction of sp³-hybridized carbons (Fsp3) is 0.286. The van der Waals surface area contributed by atoms with Gasteiger partial charge in [0.15, 0.2) is 6.23 Å². The minimum Gasteiger partial charge on any atom is -0.477 e. The van der Waals surface area contributed by atoms with Gasteiger partial charge in [0.2, 0.25) is 0 Å². The van der Waals surface area contributed by atoms with E-state index in [-0.39, 0.29) is 17.7 Å². The highest BCUT2D eigenvalue weighted by atomic mass is 19.1. The van der Waals surface area contributed by atoms with Crippen molar-refractivity contribution in [3.8, 4) is 5.69 Å². The van der Waals surface area contributed by atoms with E-state index in [0.29, 0.717) is 6.61 Å². The maximum absolute atomic E-state index is 14.1. The van der Waals surface area contributed by atoms with Crippen molar-refractivity contribution in [2.24, 2.45) is 0 Å². The van der Waals surface area contributed by atoms with E-state index in [9.17, 15) is 14.3 Å². The van der Waals surface area contributed by atoms with Gasteiger partial charge in [-0.3, -0.25) is 0 Å². The lowest BCUT2D eigenvalue weighted by Crippen LogP contribution is -2.18. The van der Waals surface area contributed by atoms with Gasteiger partial charge in [-0.2, -0.15) is 5.10 Å². The first-order chi connectivity index (χ1) is 14.0. The molecule has 0 bridgehead atoms. The number of ether oxygens (including phenoxy) is 1. The van der Waals surface area contributed by atoms with Crippen LogP contribution in [0.15, 0.2) is 36.7 Å². The van der Waals surface area contributed by atoms with Crippen LogP contribution in [-0.2, 0) is 4.74 Å². The third-order valence-corrected chi connectivity index (χ3v) is 5.44. The van der Waals surface area contributed by atoms with Crippen LogP contribution in [0, 0.1) is 12.7 Å². The summed E-state index contributed by atoms with van der Waals surface area (Å²) in [4.78, 5) is 15.3. The highest BCUT2D eigenvalue weighted by molar-refractivity contribution is 6.07. The molecule has 4 heterocycles. The van der Waals surface area contributed by atoms with Crippen molar-refractivity contribution in [2.45, 2.75) is 32.4 Å². The van der Waals surface area contributed by atoms with E-state index in [1.165, 1.54) is 24.4 Å². The molecule has 1 aliphatic heterocycles. The average molecular weight is 394 g/mol. The highest BCUT2D eigenvalue weighted by Gasteiger charge is 2.24. The van der Waals surface area contributed by atoms with Gasteiger partial charge < -0.3 is 14.4 Å². The first kappa shape index (κ1) is 17.8. The highest BCUT2D eigenvalue weighted by Crippen LogP contribution is 2.36. The average Bonchev–Trinajstić information content (AvgIpc) is 3.27. The summed E-state index contributed by atoms with van der Waals surface area (Å²) in [6.45, 7) is 2.51. The first-order valence-electron chi connectivity index (χ1n) is 9.53. The molecule has 8 heteroatoms. The van der Waals surface area contributed by atoms with Gasteiger partial charge in [-0.25, -0.2) is 18.9 Å². The van der Waals surface area contributed by atoms with Crippen molar-refractivity contribution < 1.29 is 19.0 Å². The van der Waals surface area contributed by atoms with E-state index >= 15 is 0 Å². The quantitative estimate of drug-likeness (QED) is 0.563. The van der Waals surface area contributed by atoms with Gasteiger partial charge in [0.05, 0.1) is 34.6 Å². The molecule has 1 saturated heterocycles. The molecule has 29 heavy (non-hydrogen) atoms. The second kappa shape index (κ2) is 6.66. The molecule has 5 rings (SSSR count). The second-order valence-electron chi connectivity index (χ2n) is 7.30. The van der Waals surface area contributed by atoms with Crippen LogP contribution < -0.4 is 0 Å². The van der Waals surface area contributed by atoms with Crippen molar-refractivity contribution in [3.63, 3.8) is 0 Å². The van der Waals surface area contributed by atoms with E-state index in [1.807, 2.05) is 16.2 Å². The zero-order valence-corrected chi connectivity index (χ0v) is 15.8. The van der Waals surface area contributed by atoms with Crippen LogP contribution in [0.25, 0.3) is 27.6 Å². The fourth-order valence-corrected chi connectivity index (χ4v) is 4.10. The van der Waals surface area contributed by atoms with Gasteiger partial charge in [-0.15, -0.1) is 0 Å². The SMILES string of the molecule is Cc1cc(C(=O)O)ncc1-n1c2ccc(F)cc2c2c1cnn2C1CCCCO1.